The van der Waals surface area contributed by atoms with Gasteiger partial charge in [0.25, 0.3) is 0 Å². The van der Waals surface area contributed by atoms with Crippen molar-refractivity contribution in [3.8, 4) is 5.75 Å². The lowest BCUT2D eigenvalue weighted by Crippen LogP contribution is -2.48. The number of halogens is 1. The number of urea groups is 1. The monoisotopic (exact) mass is 577 g/mol. The van der Waals surface area contributed by atoms with Gasteiger partial charge in [-0.25, -0.2) is 9.79 Å². The molecule has 0 aliphatic carbocycles. The number of ether oxygens (including phenoxy) is 2. The summed E-state index contributed by atoms with van der Waals surface area (Å²) in [5, 5.41) is 2.59. The van der Waals surface area contributed by atoms with Gasteiger partial charge in [-0.3, -0.25) is 9.59 Å². The Balaban J connectivity index is 1.39. The van der Waals surface area contributed by atoms with Crippen LogP contribution in [0.5, 0.6) is 5.75 Å². The molecule has 0 fully saturated rings. The predicted molar refractivity (Wildman–Crippen MR) is 160 cm³/mol. The number of fused-ring (bicyclic) bond motifs is 1. The number of amides is 3. The number of aliphatic imine (C=N–C) groups is 1. The van der Waals surface area contributed by atoms with Gasteiger partial charge in [0.05, 0.1) is 25.2 Å². The van der Waals surface area contributed by atoms with Gasteiger partial charge in [0.2, 0.25) is 5.91 Å². The minimum absolute atomic E-state index is 0.0612. The Hall–Kier alpha value is -3.91. The third kappa shape index (κ3) is 7.44. The lowest BCUT2D eigenvalue weighted by atomic mass is 9.86. The van der Waals surface area contributed by atoms with E-state index >= 15 is 0 Å². The molecule has 0 spiro atoms. The second kappa shape index (κ2) is 13.6. The molecule has 0 saturated carbocycles. The van der Waals surface area contributed by atoms with Crippen molar-refractivity contribution in [2.45, 2.75) is 45.8 Å². The molecule has 0 bridgehead atoms. The molecule has 1 heterocycles. The van der Waals surface area contributed by atoms with E-state index in [-0.39, 0.29) is 25.0 Å². The molecule has 3 aromatic rings. The third-order valence-electron chi connectivity index (χ3n) is 7.06. The van der Waals surface area contributed by atoms with Crippen LogP contribution in [0, 0.1) is 5.92 Å². The number of hydrogen-bond donors (Lipinski definition) is 0. The van der Waals surface area contributed by atoms with Crippen LogP contribution in [0.25, 0.3) is 10.8 Å². The molecule has 0 N–H and O–H groups in total. The van der Waals surface area contributed by atoms with Crippen LogP contribution in [-0.4, -0.2) is 66.3 Å². The van der Waals surface area contributed by atoms with Crippen LogP contribution >= 0.6 is 11.6 Å². The Kier molecular flexibility index (Phi) is 10.00. The molecule has 0 aromatic heterocycles. The summed E-state index contributed by atoms with van der Waals surface area (Å²) >= 11 is 6.28. The highest BCUT2D eigenvalue weighted by Gasteiger charge is 2.43. The summed E-state index contributed by atoms with van der Waals surface area (Å²) in [6.45, 7) is 6.21. The lowest BCUT2D eigenvalue weighted by Gasteiger charge is -2.39. The normalized spacial score (nSPS) is 17.0. The number of hydrogen-bond acceptors (Lipinski definition) is 5. The van der Waals surface area contributed by atoms with E-state index in [4.69, 9.17) is 21.1 Å². The summed E-state index contributed by atoms with van der Waals surface area (Å²) < 4.78 is 11.5. The minimum Gasteiger partial charge on any atom is -0.492 e. The van der Waals surface area contributed by atoms with Crippen molar-refractivity contribution in [2.24, 2.45) is 10.9 Å². The second-order valence-corrected chi connectivity index (χ2v) is 10.9. The van der Waals surface area contributed by atoms with Gasteiger partial charge in [-0.05, 0) is 56.3 Å². The molecule has 216 valence electrons. The molecule has 0 radical (unpaired) electrons. The standard InChI is InChI=1S/C32H36ClN3O5/c1-21(2)41-31(38)29-22(3)34-32(39)36(30(29)24-12-7-13-25(33)20-24)18-9-17-35(4)28(37)16-19-40-27-15-8-11-23-10-5-6-14-26(23)27/h5-8,10-15,20-21,29-30H,9,16-19H2,1-4H3. The third-order valence-corrected chi connectivity index (χ3v) is 7.29. The summed E-state index contributed by atoms with van der Waals surface area (Å²) in [4.78, 5) is 46.4. The van der Waals surface area contributed by atoms with Gasteiger partial charge in [0.15, 0.2) is 0 Å². The van der Waals surface area contributed by atoms with Crippen molar-refractivity contribution in [1.82, 2.24) is 9.80 Å². The van der Waals surface area contributed by atoms with Crippen molar-refractivity contribution < 1.29 is 23.9 Å². The van der Waals surface area contributed by atoms with Crippen molar-refractivity contribution in [3.05, 3.63) is 77.3 Å². The van der Waals surface area contributed by atoms with Gasteiger partial charge >= 0.3 is 12.0 Å². The lowest BCUT2D eigenvalue weighted by molar-refractivity contribution is -0.151. The van der Waals surface area contributed by atoms with E-state index in [2.05, 4.69) is 4.99 Å². The fourth-order valence-electron chi connectivity index (χ4n) is 5.08. The van der Waals surface area contributed by atoms with Crippen molar-refractivity contribution in [1.29, 1.82) is 0 Å². The molecule has 2 atom stereocenters. The number of rotatable bonds is 11. The van der Waals surface area contributed by atoms with Gasteiger partial charge < -0.3 is 19.3 Å². The Morgan fingerprint density at radius 1 is 1.07 bits per heavy atom. The summed E-state index contributed by atoms with van der Waals surface area (Å²) in [6, 6.07) is 19.9. The molecule has 0 saturated heterocycles. The Morgan fingerprint density at radius 2 is 1.80 bits per heavy atom. The fraction of sp³-hybridized carbons (Fsp3) is 0.375. The highest BCUT2D eigenvalue weighted by atomic mass is 35.5. The average Bonchev–Trinajstić information content (AvgIpc) is 2.93. The van der Waals surface area contributed by atoms with Crippen molar-refractivity contribution >= 4 is 46.0 Å². The molecule has 2 unspecified atom stereocenters. The van der Waals surface area contributed by atoms with Crippen LogP contribution in [0.1, 0.15) is 45.2 Å². The summed E-state index contributed by atoms with van der Waals surface area (Å²) in [7, 11) is 1.73. The van der Waals surface area contributed by atoms with Gasteiger partial charge in [0.1, 0.15) is 11.7 Å². The van der Waals surface area contributed by atoms with E-state index < -0.39 is 24.0 Å². The zero-order valence-corrected chi connectivity index (χ0v) is 24.6. The number of nitrogens with zero attached hydrogens (tertiary/aromatic N) is 3. The van der Waals surface area contributed by atoms with Gasteiger partial charge in [-0.15, -0.1) is 0 Å². The second-order valence-electron chi connectivity index (χ2n) is 10.4. The van der Waals surface area contributed by atoms with Crippen molar-refractivity contribution in [3.63, 3.8) is 0 Å². The average molecular weight is 578 g/mol. The topological polar surface area (TPSA) is 88.5 Å². The van der Waals surface area contributed by atoms with Gasteiger partial charge in [-0.1, -0.05) is 60.1 Å². The molecular formula is C32H36ClN3O5. The maximum Gasteiger partial charge on any atom is 0.344 e. The Bertz CT molecular complexity index is 1430. The zero-order valence-electron chi connectivity index (χ0n) is 23.9. The van der Waals surface area contributed by atoms with Crippen LogP contribution in [0.4, 0.5) is 4.79 Å². The molecule has 1 aliphatic rings. The van der Waals surface area contributed by atoms with Crippen molar-refractivity contribution in [2.75, 3.05) is 26.7 Å². The van der Waals surface area contributed by atoms with Crippen LogP contribution in [0.15, 0.2) is 71.7 Å². The molecule has 3 aromatic carbocycles. The predicted octanol–water partition coefficient (Wildman–Crippen LogP) is 6.32. The maximum absolute atomic E-state index is 13.1. The van der Waals surface area contributed by atoms with Crippen LogP contribution in [0.3, 0.4) is 0 Å². The number of benzene rings is 3. The highest BCUT2D eigenvalue weighted by molar-refractivity contribution is 6.30. The van der Waals surface area contributed by atoms with E-state index in [9.17, 15) is 14.4 Å². The van der Waals surface area contributed by atoms with Gasteiger partial charge in [0, 0.05) is 36.3 Å². The van der Waals surface area contributed by atoms with Crippen LogP contribution in [0.2, 0.25) is 5.02 Å². The van der Waals surface area contributed by atoms with E-state index in [0.29, 0.717) is 30.2 Å². The van der Waals surface area contributed by atoms with Crippen LogP contribution in [-0.2, 0) is 14.3 Å². The minimum atomic E-state index is -0.765. The quantitative estimate of drug-likeness (QED) is 0.249. The first-order valence-corrected chi connectivity index (χ1v) is 14.2. The first-order valence-electron chi connectivity index (χ1n) is 13.8. The number of carbonyl (C=O) groups excluding carboxylic acids is 3. The highest BCUT2D eigenvalue weighted by Crippen LogP contribution is 2.36. The summed E-state index contributed by atoms with van der Waals surface area (Å²) in [5.41, 5.74) is 1.13. The maximum atomic E-state index is 13.1. The first-order chi connectivity index (χ1) is 19.7. The molecule has 1 aliphatic heterocycles. The Labute approximate surface area is 245 Å². The van der Waals surface area contributed by atoms with E-state index in [1.165, 1.54) is 0 Å². The summed E-state index contributed by atoms with van der Waals surface area (Å²) in [5.74, 6) is -0.522. The zero-order chi connectivity index (χ0) is 29.5. The van der Waals surface area contributed by atoms with E-state index in [1.54, 1.807) is 55.8 Å². The molecule has 9 heteroatoms. The van der Waals surface area contributed by atoms with Crippen LogP contribution < -0.4 is 4.74 Å². The molecule has 3 amide bonds. The van der Waals surface area contributed by atoms with E-state index in [1.807, 2.05) is 48.5 Å². The molecule has 41 heavy (non-hydrogen) atoms. The smallest absolute Gasteiger partial charge is 0.344 e. The molecule has 4 rings (SSSR count). The Morgan fingerprint density at radius 3 is 2.56 bits per heavy atom. The number of esters is 1. The van der Waals surface area contributed by atoms with E-state index in [0.717, 1.165) is 22.1 Å². The van der Waals surface area contributed by atoms with Gasteiger partial charge in [-0.2, -0.15) is 0 Å². The SMILES string of the molecule is CC1=NC(=O)N(CCCN(C)C(=O)CCOc2cccc3ccccc23)C(c2cccc(Cl)c2)C1C(=O)OC(C)C. The molecule has 8 nitrogen and oxygen atoms in total. The summed E-state index contributed by atoms with van der Waals surface area (Å²) in [6.07, 6.45) is 0.404. The first kappa shape index (κ1) is 30.1. The molecular weight excluding hydrogens is 542 g/mol. The fourth-order valence-corrected chi connectivity index (χ4v) is 5.28. The number of carbonyl (C=O) groups is 3. The largest absolute Gasteiger partial charge is 0.492 e.